The maximum absolute atomic E-state index is 11.7. The van der Waals surface area contributed by atoms with Crippen molar-refractivity contribution >= 4 is 13.2 Å². The molecular weight excluding hydrogens is 161 g/mol. The van der Waals surface area contributed by atoms with Gasteiger partial charge in [-0.1, -0.05) is 19.1 Å². The molecule has 13 heavy (non-hydrogen) atoms. The van der Waals surface area contributed by atoms with E-state index in [0.29, 0.717) is 11.9 Å². The number of carbonyl (C=O) groups excluding carboxylic acids is 1. The molecule has 1 rings (SSSR count). The van der Waals surface area contributed by atoms with Crippen molar-refractivity contribution in [1.82, 2.24) is 4.90 Å². The average Bonchev–Trinajstić information content (AvgIpc) is 2.16. The third-order valence-electron chi connectivity index (χ3n) is 2.73. The van der Waals surface area contributed by atoms with E-state index in [-0.39, 0.29) is 0 Å². The molecule has 2 nitrogen and oxygen atoms in total. The number of hydrogen-bond acceptors (Lipinski definition) is 1. The molecule has 1 saturated heterocycles. The molecule has 3 heteroatoms. The topological polar surface area (TPSA) is 20.3 Å². The fourth-order valence-corrected chi connectivity index (χ4v) is 1.90. The van der Waals surface area contributed by atoms with Gasteiger partial charge in [0.1, 0.15) is 7.28 Å². The van der Waals surface area contributed by atoms with Gasteiger partial charge in [-0.25, -0.2) is 0 Å². The van der Waals surface area contributed by atoms with E-state index in [4.69, 9.17) is 0 Å². The fourth-order valence-electron chi connectivity index (χ4n) is 1.90. The van der Waals surface area contributed by atoms with Crippen LogP contribution in [0.2, 0.25) is 12.6 Å². The normalized spacial score (nSPS) is 20.5. The number of hydrogen-bond donors (Lipinski definition) is 0. The summed E-state index contributed by atoms with van der Waals surface area (Å²) in [5.41, 5.74) is 0. The van der Waals surface area contributed by atoms with Crippen molar-refractivity contribution in [3.63, 3.8) is 0 Å². The molecule has 0 bridgehead atoms. The van der Waals surface area contributed by atoms with E-state index in [1.54, 1.807) is 0 Å². The molecule has 0 aromatic heterocycles. The van der Waals surface area contributed by atoms with Gasteiger partial charge in [-0.15, -0.1) is 0 Å². The summed E-state index contributed by atoms with van der Waals surface area (Å²) in [5, 5.41) is 0. The highest BCUT2D eigenvalue weighted by molar-refractivity contribution is 6.35. The van der Waals surface area contributed by atoms with E-state index in [1.807, 2.05) is 4.90 Å². The van der Waals surface area contributed by atoms with Crippen LogP contribution in [0.3, 0.4) is 0 Å². The average molecular weight is 181 g/mol. The van der Waals surface area contributed by atoms with Crippen LogP contribution in [0.15, 0.2) is 0 Å². The monoisotopic (exact) mass is 181 g/mol. The van der Waals surface area contributed by atoms with E-state index >= 15 is 0 Å². The zero-order valence-corrected chi connectivity index (χ0v) is 8.88. The van der Waals surface area contributed by atoms with Crippen LogP contribution < -0.4 is 0 Å². The van der Waals surface area contributed by atoms with Crippen LogP contribution in [0.4, 0.5) is 0 Å². The van der Waals surface area contributed by atoms with Gasteiger partial charge in [0.15, 0.2) is 0 Å². The Balaban J connectivity index is 2.50. The summed E-state index contributed by atoms with van der Waals surface area (Å²) in [4.78, 5) is 13.7. The highest BCUT2D eigenvalue weighted by Gasteiger charge is 2.16. The number of rotatable bonds is 1. The lowest BCUT2D eigenvalue weighted by Gasteiger charge is -2.26. The summed E-state index contributed by atoms with van der Waals surface area (Å²) in [6, 6.07) is 0.380. The van der Waals surface area contributed by atoms with Crippen molar-refractivity contribution in [2.75, 3.05) is 6.54 Å². The van der Waals surface area contributed by atoms with Crippen molar-refractivity contribution in [1.29, 1.82) is 0 Å². The zero-order chi connectivity index (χ0) is 9.68. The van der Waals surface area contributed by atoms with Crippen LogP contribution in [0.1, 0.15) is 33.1 Å². The Hall–Kier alpha value is -0.465. The second kappa shape index (κ2) is 5.30. The van der Waals surface area contributed by atoms with Crippen molar-refractivity contribution in [2.45, 2.75) is 51.8 Å². The van der Waals surface area contributed by atoms with Crippen molar-refractivity contribution in [3.8, 4) is 0 Å². The lowest BCUT2D eigenvalue weighted by atomic mass is 9.69. The SMILES string of the molecule is CC(C)N1CCCBCCCC1=O. The Kier molecular flexibility index (Phi) is 4.33. The molecule has 0 aliphatic carbocycles. The molecule has 0 aromatic rings. The first kappa shape index (κ1) is 10.6. The summed E-state index contributed by atoms with van der Waals surface area (Å²) in [6.07, 6.45) is 5.55. The Morgan fingerprint density at radius 3 is 2.69 bits per heavy atom. The highest BCUT2D eigenvalue weighted by Crippen LogP contribution is 2.11. The first-order chi connectivity index (χ1) is 6.22. The molecule has 0 radical (unpaired) electrons. The van der Waals surface area contributed by atoms with Gasteiger partial charge in [-0.3, -0.25) is 4.79 Å². The summed E-state index contributed by atoms with van der Waals surface area (Å²) in [6.45, 7) is 5.18. The Morgan fingerprint density at radius 2 is 2.00 bits per heavy atom. The lowest BCUT2D eigenvalue weighted by molar-refractivity contribution is -0.132. The Labute approximate surface area is 81.9 Å². The van der Waals surface area contributed by atoms with Gasteiger partial charge in [0.05, 0.1) is 0 Å². The Morgan fingerprint density at radius 1 is 1.31 bits per heavy atom. The van der Waals surface area contributed by atoms with Gasteiger partial charge in [-0.2, -0.15) is 0 Å². The first-order valence-corrected chi connectivity index (χ1v) is 5.51. The molecule has 0 spiro atoms. The maximum atomic E-state index is 11.7. The standard InChI is InChI=1S/C10H20BNO/c1-9(2)12-8-4-7-11-6-3-5-10(12)13/h9,11H,3-8H2,1-2H3. The summed E-state index contributed by atoms with van der Waals surface area (Å²) in [5.74, 6) is 0.358. The van der Waals surface area contributed by atoms with Crippen LogP contribution in [0.5, 0.6) is 0 Å². The van der Waals surface area contributed by atoms with Crippen molar-refractivity contribution in [2.24, 2.45) is 0 Å². The quantitative estimate of drug-likeness (QED) is 0.563. The van der Waals surface area contributed by atoms with Gasteiger partial charge < -0.3 is 4.90 Å². The molecule has 0 aromatic carbocycles. The molecule has 1 amide bonds. The van der Waals surface area contributed by atoms with Gasteiger partial charge in [-0.05, 0) is 20.3 Å². The van der Waals surface area contributed by atoms with Crippen molar-refractivity contribution in [3.05, 3.63) is 0 Å². The van der Waals surface area contributed by atoms with E-state index in [2.05, 4.69) is 13.8 Å². The third-order valence-corrected chi connectivity index (χ3v) is 2.73. The minimum Gasteiger partial charge on any atom is -0.340 e. The molecular formula is C10H20BNO. The third kappa shape index (κ3) is 3.41. The smallest absolute Gasteiger partial charge is 0.222 e. The van der Waals surface area contributed by atoms with Crippen LogP contribution >= 0.6 is 0 Å². The number of amides is 1. The fraction of sp³-hybridized carbons (Fsp3) is 0.900. The van der Waals surface area contributed by atoms with E-state index in [9.17, 15) is 4.79 Å². The Bertz CT molecular complexity index is 170. The predicted molar refractivity (Wildman–Crippen MR) is 57.5 cm³/mol. The highest BCUT2D eigenvalue weighted by atomic mass is 16.2. The minimum atomic E-state index is 0.358. The molecule has 0 N–H and O–H groups in total. The van der Waals surface area contributed by atoms with Crippen LogP contribution in [-0.2, 0) is 4.79 Å². The maximum Gasteiger partial charge on any atom is 0.222 e. The van der Waals surface area contributed by atoms with Crippen molar-refractivity contribution < 1.29 is 4.79 Å². The molecule has 0 atom stereocenters. The van der Waals surface area contributed by atoms with Crippen LogP contribution in [0.25, 0.3) is 0 Å². The molecule has 1 aliphatic heterocycles. The van der Waals surface area contributed by atoms with Crippen LogP contribution in [0, 0.1) is 0 Å². The van der Waals surface area contributed by atoms with Gasteiger partial charge in [0.2, 0.25) is 5.91 Å². The summed E-state index contributed by atoms with van der Waals surface area (Å²) in [7, 11) is 1.30. The van der Waals surface area contributed by atoms with E-state index in [0.717, 1.165) is 19.4 Å². The predicted octanol–water partition coefficient (Wildman–Crippen LogP) is 1.68. The molecule has 74 valence electrons. The first-order valence-electron chi connectivity index (χ1n) is 5.51. The zero-order valence-electron chi connectivity index (χ0n) is 8.88. The van der Waals surface area contributed by atoms with E-state index in [1.165, 1.54) is 26.3 Å². The molecule has 1 aliphatic rings. The second-order valence-corrected chi connectivity index (χ2v) is 4.20. The van der Waals surface area contributed by atoms with E-state index < -0.39 is 0 Å². The second-order valence-electron chi connectivity index (χ2n) is 4.20. The summed E-state index contributed by atoms with van der Waals surface area (Å²) >= 11 is 0. The van der Waals surface area contributed by atoms with Gasteiger partial charge >= 0.3 is 0 Å². The molecule has 1 fully saturated rings. The molecule has 0 unspecified atom stereocenters. The number of nitrogens with zero attached hydrogens (tertiary/aromatic N) is 1. The molecule has 0 saturated carbocycles. The largest absolute Gasteiger partial charge is 0.340 e. The summed E-state index contributed by atoms with van der Waals surface area (Å²) < 4.78 is 0. The van der Waals surface area contributed by atoms with Gasteiger partial charge in [0, 0.05) is 19.0 Å². The van der Waals surface area contributed by atoms with Crippen LogP contribution in [-0.4, -0.2) is 30.7 Å². The lowest BCUT2D eigenvalue weighted by Crippen LogP contribution is -2.37. The molecule has 1 heterocycles. The van der Waals surface area contributed by atoms with Gasteiger partial charge in [0.25, 0.3) is 0 Å². The minimum absolute atomic E-state index is 0.358. The number of carbonyl (C=O) groups is 1.